The second kappa shape index (κ2) is 4.71. The van der Waals surface area contributed by atoms with Crippen LogP contribution in [0.25, 0.3) is 0 Å². The molecule has 1 unspecified atom stereocenters. The fourth-order valence-electron chi connectivity index (χ4n) is 1.94. The molecule has 0 amide bonds. The molecule has 4 heteroatoms. The third kappa shape index (κ3) is 2.38. The number of aliphatic carboxylic acids is 1. The standard InChI is InChI=1S/C12H14INO2/c1-8(9-2-4-11(13)5-3-9)14-6-10(7-14)12(15)16/h2-5,8,10H,6-7H2,1H3,(H,15,16). The molecular formula is C12H14INO2. The van der Waals surface area contributed by atoms with E-state index in [4.69, 9.17) is 5.11 Å². The molecule has 1 N–H and O–H groups in total. The molecule has 86 valence electrons. The highest BCUT2D eigenvalue weighted by Gasteiger charge is 2.35. The van der Waals surface area contributed by atoms with Gasteiger partial charge in [-0.25, -0.2) is 0 Å². The molecule has 3 nitrogen and oxygen atoms in total. The van der Waals surface area contributed by atoms with E-state index in [9.17, 15) is 4.79 Å². The number of rotatable bonds is 3. The third-order valence-corrected chi connectivity index (χ3v) is 3.88. The maximum Gasteiger partial charge on any atom is 0.309 e. The van der Waals surface area contributed by atoms with Crippen LogP contribution in [0.5, 0.6) is 0 Å². The van der Waals surface area contributed by atoms with Crippen LogP contribution >= 0.6 is 22.6 Å². The molecule has 1 fully saturated rings. The van der Waals surface area contributed by atoms with Gasteiger partial charge in [-0.05, 0) is 47.2 Å². The van der Waals surface area contributed by atoms with Crippen molar-refractivity contribution in [3.05, 3.63) is 33.4 Å². The molecule has 1 heterocycles. The topological polar surface area (TPSA) is 40.5 Å². The van der Waals surface area contributed by atoms with Crippen molar-refractivity contribution in [1.82, 2.24) is 4.90 Å². The van der Waals surface area contributed by atoms with Crippen LogP contribution in [0.1, 0.15) is 18.5 Å². The Kier molecular flexibility index (Phi) is 3.49. The van der Waals surface area contributed by atoms with E-state index in [0.29, 0.717) is 19.1 Å². The zero-order valence-electron chi connectivity index (χ0n) is 9.06. The molecule has 0 aromatic heterocycles. The molecular weight excluding hydrogens is 317 g/mol. The van der Waals surface area contributed by atoms with Crippen molar-refractivity contribution >= 4 is 28.6 Å². The minimum Gasteiger partial charge on any atom is -0.481 e. The Bertz CT molecular complexity index is 385. The number of carbonyl (C=O) groups is 1. The Hall–Kier alpha value is -0.620. The molecule has 1 aromatic rings. The summed E-state index contributed by atoms with van der Waals surface area (Å²) < 4.78 is 1.22. The Morgan fingerprint density at radius 1 is 1.44 bits per heavy atom. The zero-order chi connectivity index (χ0) is 11.7. The molecule has 1 atom stereocenters. The molecule has 1 aliphatic rings. The molecule has 0 spiro atoms. The molecule has 1 aliphatic heterocycles. The number of halogens is 1. The second-order valence-electron chi connectivity index (χ2n) is 4.22. The van der Waals surface area contributed by atoms with Crippen LogP contribution in [0.4, 0.5) is 0 Å². The minimum atomic E-state index is -0.675. The minimum absolute atomic E-state index is 0.175. The monoisotopic (exact) mass is 331 g/mol. The van der Waals surface area contributed by atoms with Gasteiger partial charge in [-0.15, -0.1) is 0 Å². The van der Waals surface area contributed by atoms with Crippen LogP contribution in [-0.2, 0) is 4.79 Å². The van der Waals surface area contributed by atoms with Crippen molar-refractivity contribution in [3.8, 4) is 0 Å². The number of likely N-dealkylation sites (tertiary alicyclic amines) is 1. The van der Waals surface area contributed by atoms with E-state index >= 15 is 0 Å². The summed E-state index contributed by atoms with van der Waals surface area (Å²) in [6, 6.07) is 8.70. The van der Waals surface area contributed by atoms with E-state index in [1.165, 1.54) is 9.13 Å². The predicted octanol–water partition coefficient (Wildman–Crippen LogP) is 2.37. The smallest absolute Gasteiger partial charge is 0.309 e. The van der Waals surface area contributed by atoms with Gasteiger partial charge >= 0.3 is 5.97 Å². The molecule has 1 saturated heterocycles. The van der Waals surface area contributed by atoms with Gasteiger partial charge in [0.05, 0.1) is 5.92 Å². The summed E-state index contributed by atoms with van der Waals surface area (Å²) in [6.07, 6.45) is 0. The summed E-state index contributed by atoms with van der Waals surface area (Å²) >= 11 is 2.28. The Labute approximate surface area is 109 Å². The lowest BCUT2D eigenvalue weighted by atomic mass is 9.95. The van der Waals surface area contributed by atoms with Crippen LogP contribution in [0.15, 0.2) is 24.3 Å². The summed E-state index contributed by atoms with van der Waals surface area (Å²) in [6.45, 7) is 3.46. The molecule has 1 aromatic carbocycles. The molecule has 0 radical (unpaired) electrons. The van der Waals surface area contributed by atoms with Crippen molar-refractivity contribution in [2.24, 2.45) is 5.92 Å². The van der Waals surface area contributed by atoms with Crippen LogP contribution in [0.3, 0.4) is 0 Å². The second-order valence-corrected chi connectivity index (χ2v) is 5.46. The highest BCUT2D eigenvalue weighted by molar-refractivity contribution is 14.1. The quantitative estimate of drug-likeness (QED) is 0.865. The first-order chi connectivity index (χ1) is 7.58. The van der Waals surface area contributed by atoms with E-state index in [0.717, 1.165) is 0 Å². The molecule has 0 bridgehead atoms. The molecule has 0 aliphatic carbocycles. The first kappa shape index (κ1) is 11.9. The van der Waals surface area contributed by atoms with Crippen LogP contribution < -0.4 is 0 Å². The first-order valence-corrected chi connectivity index (χ1v) is 6.38. The number of carboxylic acids is 1. The largest absolute Gasteiger partial charge is 0.481 e. The zero-order valence-corrected chi connectivity index (χ0v) is 11.2. The highest BCUT2D eigenvalue weighted by atomic mass is 127. The maximum atomic E-state index is 10.7. The number of hydrogen-bond donors (Lipinski definition) is 1. The number of nitrogens with zero attached hydrogens (tertiary/aromatic N) is 1. The van der Waals surface area contributed by atoms with Gasteiger partial charge in [0.25, 0.3) is 0 Å². The molecule has 16 heavy (non-hydrogen) atoms. The lowest BCUT2D eigenvalue weighted by Crippen LogP contribution is -2.51. The third-order valence-electron chi connectivity index (χ3n) is 3.16. The van der Waals surface area contributed by atoms with E-state index in [1.807, 2.05) is 0 Å². The summed E-state index contributed by atoms with van der Waals surface area (Å²) in [4.78, 5) is 12.9. The van der Waals surface area contributed by atoms with Crippen LogP contribution in [0.2, 0.25) is 0 Å². The van der Waals surface area contributed by atoms with Crippen molar-refractivity contribution in [2.45, 2.75) is 13.0 Å². The Balaban J connectivity index is 1.97. The number of carboxylic acid groups (broad SMARTS) is 1. The lowest BCUT2D eigenvalue weighted by Gasteiger charge is -2.41. The van der Waals surface area contributed by atoms with E-state index < -0.39 is 5.97 Å². The van der Waals surface area contributed by atoms with Gasteiger partial charge in [-0.2, -0.15) is 0 Å². The Morgan fingerprint density at radius 2 is 2.00 bits per heavy atom. The van der Waals surface area contributed by atoms with Gasteiger partial charge in [0.15, 0.2) is 0 Å². The van der Waals surface area contributed by atoms with E-state index in [1.54, 1.807) is 0 Å². The average Bonchev–Trinajstić information content (AvgIpc) is 2.15. The molecule has 2 rings (SSSR count). The maximum absolute atomic E-state index is 10.7. The summed E-state index contributed by atoms with van der Waals surface area (Å²) in [7, 11) is 0. The SMILES string of the molecule is CC(c1ccc(I)cc1)N1CC(C(=O)O)C1. The summed E-state index contributed by atoms with van der Waals surface area (Å²) in [5.74, 6) is -0.850. The average molecular weight is 331 g/mol. The normalized spacial score (nSPS) is 19.1. The first-order valence-electron chi connectivity index (χ1n) is 5.30. The van der Waals surface area contributed by atoms with Crippen molar-refractivity contribution in [2.75, 3.05) is 13.1 Å². The number of hydrogen-bond acceptors (Lipinski definition) is 2. The van der Waals surface area contributed by atoms with Crippen LogP contribution in [0, 0.1) is 9.49 Å². The highest BCUT2D eigenvalue weighted by Crippen LogP contribution is 2.28. The van der Waals surface area contributed by atoms with Gasteiger partial charge in [0.1, 0.15) is 0 Å². The van der Waals surface area contributed by atoms with Gasteiger partial charge in [0.2, 0.25) is 0 Å². The Morgan fingerprint density at radius 3 is 2.50 bits per heavy atom. The summed E-state index contributed by atoms with van der Waals surface area (Å²) in [5, 5.41) is 8.81. The van der Waals surface area contributed by atoms with E-state index in [-0.39, 0.29) is 5.92 Å². The predicted molar refractivity (Wildman–Crippen MR) is 70.3 cm³/mol. The van der Waals surface area contributed by atoms with Gasteiger partial charge in [0, 0.05) is 22.7 Å². The van der Waals surface area contributed by atoms with Crippen molar-refractivity contribution < 1.29 is 9.90 Å². The fourth-order valence-corrected chi connectivity index (χ4v) is 2.30. The van der Waals surface area contributed by atoms with Crippen molar-refractivity contribution in [1.29, 1.82) is 0 Å². The summed E-state index contributed by atoms with van der Waals surface area (Å²) in [5.41, 5.74) is 1.25. The number of benzene rings is 1. The van der Waals surface area contributed by atoms with Gasteiger partial charge in [-0.1, -0.05) is 12.1 Å². The van der Waals surface area contributed by atoms with Crippen LogP contribution in [-0.4, -0.2) is 29.1 Å². The fraction of sp³-hybridized carbons (Fsp3) is 0.417. The molecule has 0 saturated carbocycles. The van der Waals surface area contributed by atoms with Crippen molar-refractivity contribution in [3.63, 3.8) is 0 Å². The van der Waals surface area contributed by atoms with E-state index in [2.05, 4.69) is 58.7 Å². The lowest BCUT2D eigenvalue weighted by molar-refractivity contribution is -0.148. The van der Waals surface area contributed by atoms with Gasteiger partial charge in [-0.3, -0.25) is 9.69 Å². The van der Waals surface area contributed by atoms with Gasteiger partial charge < -0.3 is 5.11 Å².